The van der Waals surface area contributed by atoms with Gasteiger partial charge >= 0.3 is 0 Å². The summed E-state index contributed by atoms with van der Waals surface area (Å²) in [6.45, 7) is 2.85. The SMILES string of the molecule is CCCC(NCC1(O)CCSC1)c1ccccn1. The van der Waals surface area contributed by atoms with Crippen molar-refractivity contribution in [2.75, 3.05) is 18.1 Å². The molecular formula is C14H22N2OS. The van der Waals surface area contributed by atoms with Crippen molar-refractivity contribution < 1.29 is 5.11 Å². The predicted molar refractivity (Wildman–Crippen MR) is 76.8 cm³/mol. The Bertz CT molecular complexity index is 352. The normalized spacial score (nSPS) is 25.2. The first-order chi connectivity index (χ1) is 8.73. The van der Waals surface area contributed by atoms with Crippen molar-refractivity contribution in [1.29, 1.82) is 0 Å². The molecule has 1 aromatic rings. The third kappa shape index (κ3) is 3.70. The Balaban J connectivity index is 1.94. The van der Waals surface area contributed by atoms with Crippen LogP contribution in [0.15, 0.2) is 24.4 Å². The molecule has 1 aromatic heterocycles. The first-order valence-electron chi connectivity index (χ1n) is 6.68. The highest BCUT2D eigenvalue weighted by Gasteiger charge is 2.32. The molecule has 1 aliphatic heterocycles. The lowest BCUT2D eigenvalue weighted by molar-refractivity contribution is 0.0640. The molecule has 100 valence electrons. The molecule has 1 fully saturated rings. The summed E-state index contributed by atoms with van der Waals surface area (Å²) in [6, 6.07) is 6.27. The van der Waals surface area contributed by atoms with Gasteiger partial charge in [0.15, 0.2) is 0 Å². The van der Waals surface area contributed by atoms with Gasteiger partial charge in [-0.05, 0) is 30.7 Å². The Morgan fingerprint density at radius 3 is 3.06 bits per heavy atom. The van der Waals surface area contributed by atoms with Gasteiger partial charge in [0.25, 0.3) is 0 Å². The summed E-state index contributed by atoms with van der Waals surface area (Å²) in [4.78, 5) is 4.42. The average Bonchev–Trinajstić information content (AvgIpc) is 2.83. The second kappa shape index (κ2) is 6.55. The fourth-order valence-electron chi connectivity index (χ4n) is 2.27. The van der Waals surface area contributed by atoms with Crippen molar-refractivity contribution in [3.8, 4) is 0 Å². The van der Waals surface area contributed by atoms with E-state index in [1.54, 1.807) is 0 Å². The molecular weight excluding hydrogens is 244 g/mol. The minimum absolute atomic E-state index is 0.255. The molecule has 1 aliphatic rings. The van der Waals surface area contributed by atoms with E-state index in [4.69, 9.17) is 0 Å². The Morgan fingerprint density at radius 1 is 1.56 bits per heavy atom. The van der Waals surface area contributed by atoms with Crippen LogP contribution in [0.3, 0.4) is 0 Å². The Kier molecular flexibility index (Phi) is 5.03. The Hall–Kier alpha value is -0.580. The Labute approximate surface area is 113 Å². The number of hydrogen-bond acceptors (Lipinski definition) is 4. The maximum absolute atomic E-state index is 10.4. The molecule has 0 bridgehead atoms. The third-order valence-electron chi connectivity index (χ3n) is 3.38. The van der Waals surface area contributed by atoms with Gasteiger partial charge in [-0.15, -0.1) is 0 Å². The summed E-state index contributed by atoms with van der Waals surface area (Å²) in [5.74, 6) is 1.92. The molecule has 1 saturated heterocycles. The summed E-state index contributed by atoms with van der Waals surface area (Å²) >= 11 is 1.84. The van der Waals surface area contributed by atoms with Crippen molar-refractivity contribution in [3.05, 3.63) is 30.1 Å². The molecule has 2 N–H and O–H groups in total. The van der Waals surface area contributed by atoms with Gasteiger partial charge in [-0.25, -0.2) is 0 Å². The van der Waals surface area contributed by atoms with E-state index in [-0.39, 0.29) is 6.04 Å². The largest absolute Gasteiger partial charge is 0.388 e. The first kappa shape index (κ1) is 13.8. The fraction of sp³-hybridized carbons (Fsp3) is 0.643. The maximum Gasteiger partial charge on any atom is 0.0869 e. The van der Waals surface area contributed by atoms with Crippen molar-refractivity contribution >= 4 is 11.8 Å². The van der Waals surface area contributed by atoms with E-state index in [1.807, 2.05) is 30.1 Å². The van der Waals surface area contributed by atoms with Gasteiger partial charge < -0.3 is 10.4 Å². The summed E-state index contributed by atoms with van der Waals surface area (Å²) in [5.41, 5.74) is 0.555. The number of thioether (sulfide) groups is 1. The lowest BCUT2D eigenvalue weighted by Gasteiger charge is -2.26. The predicted octanol–water partition coefficient (Wildman–Crippen LogP) is 2.38. The molecule has 0 amide bonds. The highest BCUT2D eigenvalue weighted by atomic mass is 32.2. The van der Waals surface area contributed by atoms with Crippen LogP contribution >= 0.6 is 11.8 Å². The zero-order valence-corrected chi connectivity index (χ0v) is 11.7. The molecule has 2 rings (SSSR count). The molecule has 0 spiro atoms. The standard InChI is InChI=1S/C14H22N2OS/c1-2-5-12(13-6-3-4-8-15-13)16-10-14(17)7-9-18-11-14/h3-4,6,8,12,16-17H,2,5,7,9-11H2,1H3. The number of rotatable bonds is 6. The molecule has 2 atom stereocenters. The van der Waals surface area contributed by atoms with Crippen molar-refractivity contribution in [2.45, 2.75) is 37.8 Å². The lowest BCUT2D eigenvalue weighted by atomic mass is 10.0. The van der Waals surface area contributed by atoms with Gasteiger partial charge in [0.1, 0.15) is 0 Å². The quantitative estimate of drug-likeness (QED) is 0.830. The van der Waals surface area contributed by atoms with E-state index in [0.717, 1.165) is 36.5 Å². The lowest BCUT2D eigenvalue weighted by Crippen LogP contribution is -2.42. The molecule has 2 heterocycles. The van der Waals surface area contributed by atoms with Crippen LogP contribution in [0.1, 0.15) is 37.9 Å². The molecule has 3 nitrogen and oxygen atoms in total. The number of aromatic nitrogens is 1. The van der Waals surface area contributed by atoms with E-state index in [0.29, 0.717) is 6.54 Å². The van der Waals surface area contributed by atoms with Gasteiger partial charge in [-0.2, -0.15) is 11.8 Å². The van der Waals surface area contributed by atoms with Crippen molar-refractivity contribution in [3.63, 3.8) is 0 Å². The molecule has 2 unspecified atom stereocenters. The number of nitrogens with zero attached hydrogens (tertiary/aromatic N) is 1. The average molecular weight is 266 g/mol. The van der Waals surface area contributed by atoms with Crippen LogP contribution in [0.25, 0.3) is 0 Å². The zero-order valence-electron chi connectivity index (χ0n) is 10.9. The number of aliphatic hydroxyl groups is 1. The van der Waals surface area contributed by atoms with Gasteiger partial charge in [0.2, 0.25) is 0 Å². The van der Waals surface area contributed by atoms with Crippen LogP contribution in [-0.4, -0.2) is 33.7 Å². The monoisotopic (exact) mass is 266 g/mol. The minimum Gasteiger partial charge on any atom is -0.388 e. The molecule has 0 saturated carbocycles. The summed E-state index contributed by atoms with van der Waals surface area (Å²) in [6.07, 6.45) is 4.90. The molecule has 0 radical (unpaired) electrons. The van der Waals surface area contributed by atoms with Crippen LogP contribution in [0.4, 0.5) is 0 Å². The smallest absolute Gasteiger partial charge is 0.0869 e. The molecule has 0 aromatic carbocycles. The van der Waals surface area contributed by atoms with Crippen molar-refractivity contribution in [2.24, 2.45) is 0 Å². The second-order valence-electron chi connectivity index (χ2n) is 5.00. The van der Waals surface area contributed by atoms with Gasteiger partial charge in [0, 0.05) is 24.5 Å². The van der Waals surface area contributed by atoms with E-state index >= 15 is 0 Å². The van der Waals surface area contributed by atoms with Gasteiger partial charge in [0.05, 0.1) is 11.3 Å². The topological polar surface area (TPSA) is 45.1 Å². The third-order valence-corrected chi connectivity index (χ3v) is 4.62. The van der Waals surface area contributed by atoms with Crippen LogP contribution < -0.4 is 5.32 Å². The van der Waals surface area contributed by atoms with Gasteiger partial charge in [-0.3, -0.25) is 4.98 Å². The van der Waals surface area contributed by atoms with E-state index in [2.05, 4.69) is 23.3 Å². The highest BCUT2D eigenvalue weighted by Crippen LogP contribution is 2.28. The maximum atomic E-state index is 10.4. The molecule has 4 heteroatoms. The second-order valence-corrected chi connectivity index (χ2v) is 6.11. The van der Waals surface area contributed by atoms with E-state index < -0.39 is 5.60 Å². The highest BCUT2D eigenvalue weighted by molar-refractivity contribution is 7.99. The van der Waals surface area contributed by atoms with Crippen molar-refractivity contribution in [1.82, 2.24) is 10.3 Å². The summed E-state index contributed by atoms with van der Waals surface area (Å²) in [5, 5.41) is 13.8. The Morgan fingerprint density at radius 2 is 2.44 bits per heavy atom. The molecule has 0 aliphatic carbocycles. The summed E-state index contributed by atoms with van der Waals surface area (Å²) < 4.78 is 0. The van der Waals surface area contributed by atoms with Crippen LogP contribution in [0.5, 0.6) is 0 Å². The fourth-order valence-corrected chi connectivity index (χ4v) is 3.57. The van der Waals surface area contributed by atoms with Gasteiger partial charge in [-0.1, -0.05) is 19.4 Å². The van der Waals surface area contributed by atoms with Crippen LogP contribution in [-0.2, 0) is 0 Å². The number of pyridine rings is 1. The summed E-state index contributed by atoms with van der Waals surface area (Å²) in [7, 11) is 0. The van der Waals surface area contributed by atoms with E-state index in [9.17, 15) is 5.11 Å². The minimum atomic E-state index is -0.522. The number of nitrogens with one attached hydrogen (secondary N) is 1. The molecule has 18 heavy (non-hydrogen) atoms. The first-order valence-corrected chi connectivity index (χ1v) is 7.83. The van der Waals surface area contributed by atoms with Crippen LogP contribution in [0, 0.1) is 0 Å². The van der Waals surface area contributed by atoms with Crippen LogP contribution in [0.2, 0.25) is 0 Å². The zero-order chi connectivity index (χ0) is 12.8. The number of hydrogen-bond donors (Lipinski definition) is 2. The van der Waals surface area contributed by atoms with E-state index in [1.165, 1.54) is 0 Å².